The van der Waals surface area contributed by atoms with E-state index in [1.807, 2.05) is 0 Å². The molecule has 9 nitrogen and oxygen atoms in total. The third-order valence-electron chi connectivity index (χ3n) is 5.28. The Morgan fingerprint density at radius 1 is 1.30 bits per heavy atom. The quantitative estimate of drug-likeness (QED) is 0.565. The number of aromatic nitrogens is 3. The molecule has 1 aromatic carbocycles. The van der Waals surface area contributed by atoms with Gasteiger partial charge >= 0.3 is 0 Å². The zero-order valence-corrected chi connectivity index (χ0v) is 17.5. The molecular formula is C20H22N6O3S. The second kappa shape index (κ2) is 7.59. The maximum absolute atomic E-state index is 12.5. The minimum Gasteiger partial charge on any atom is -0.338 e. The summed E-state index contributed by atoms with van der Waals surface area (Å²) in [5, 5.41) is 8.19. The molecule has 10 heteroatoms. The van der Waals surface area contributed by atoms with Gasteiger partial charge in [0.1, 0.15) is 11.4 Å². The second-order valence-electron chi connectivity index (χ2n) is 7.54. The number of anilines is 2. The molecule has 0 spiro atoms. The Morgan fingerprint density at radius 3 is 2.60 bits per heavy atom. The summed E-state index contributed by atoms with van der Waals surface area (Å²) in [6, 6.07) is 8.00. The highest BCUT2D eigenvalue weighted by Gasteiger charge is 2.36. The van der Waals surface area contributed by atoms with Crippen LogP contribution in [0.5, 0.6) is 0 Å². The van der Waals surface area contributed by atoms with E-state index < -0.39 is 10.0 Å². The number of benzene rings is 1. The van der Waals surface area contributed by atoms with Crippen molar-refractivity contribution in [3.8, 4) is 0 Å². The first-order valence-electron chi connectivity index (χ1n) is 9.55. The predicted octanol–water partition coefficient (Wildman–Crippen LogP) is 2.59. The van der Waals surface area contributed by atoms with Gasteiger partial charge in [-0.1, -0.05) is 0 Å². The fraction of sp³-hybridized carbons (Fsp3) is 0.350. The minimum atomic E-state index is -3.52. The molecule has 0 amide bonds. The van der Waals surface area contributed by atoms with Gasteiger partial charge in [-0.2, -0.15) is 5.10 Å². The third kappa shape index (κ3) is 3.58. The molecule has 0 bridgehead atoms. The monoisotopic (exact) mass is 426 g/mol. The molecule has 0 radical (unpaired) electrons. The van der Waals surface area contributed by atoms with Crippen LogP contribution in [0, 0.1) is 12.5 Å². The van der Waals surface area contributed by atoms with Crippen molar-refractivity contribution in [3.05, 3.63) is 58.3 Å². The summed E-state index contributed by atoms with van der Waals surface area (Å²) in [5.41, 5.74) is 1.01. The number of sulfonamides is 1. The molecule has 2 heterocycles. The van der Waals surface area contributed by atoms with Gasteiger partial charge in [0.25, 0.3) is 5.56 Å². The molecule has 0 unspecified atom stereocenters. The predicted molar refractivity (Wildman–Crippen MR) is 114 cm³/mol. The Balaban J connectivity index is 1.73. The summed E-state index contributed by atoms with van der Waals surface area (Å²) in [6.07, 6.45) is 3.68. The van der Waals surface area contributed by atoms with Crippen molar-refractivity contribution in [2.45, 2.75) is 23.8 Å². The van der Waals surface area contributed by atoms with E-state index in [0.717, 1.165) is 17.1 Å². The summed E-state index contributed by atoms with van der Waals surface area (Å²) in [4.78, 5) is 19.0. The van der Waals surface area contributed by atoms with Gasteiger partial charge in [0.2, 0.25) is 16.6 Å². The van der Waals surface area contributed by atoms with Gasteiger partial charge in [-0.05, 0) is 49.1 Å². The molecule has 0 aliphatic heterocycles. The standard InChI is InChI=1S/C20H22N6O3S/c1-21-12-17(13-4-5-13)26-16-10-11-22-20(27)18(16)19(24-26)23-14-6-8-15(9-7-14)30(28,29)25(2)3/h6-11,13,17H,4-5,12H2,2-3H3,(H,22,27)(H,23,24)/t17-/m0/s1. The van der Waals surface area contributed by atoms with Crippen LogP contribution in [0.15, 0.2) is 46.2 Å². The lowest BCUT2D eigenvalue weighted by Crippen LogP contribution is -2.22. The van der Waals surface area contributed by atoms with E-state index in [9.17, 15) is 13.2 Å². The first kappa shape index (κ1) is 20.1. The Morgan fingerprint density at radius 2 is 2.00 bits per heavy atom. The number of hydrogen-bond donors (Lipinski definition) is 2. The highest BCUT2D eigenvalue weighted by molar-refractivity contribution is 7.89. The number of fused-ring (bicyclic) bond motifs is 1. The van der Waals surface area contributed by atoms with E-state index in [0.29, 0.717) is 34.9 Å². The van der Waals surface area contributed by atoms with Gasteiger partial charge in [-0.3, -0.25) is 9.48 Å². The van der Waals surface area contributed by atoms with Crippen molar-refractivity contribution in [2.75, 3.05) is 26.0 Å². The van der Waals surface area contributed by atoms with Crippen molar-refractivity contribution in [1.82, 2.24) is 19.1 Å². The number of nitrogens with zero attached hydrogens (tertiary/aromatic N) is 4. The Bertz CT molecular complexity index is 1280. The average molecular weight is 427 g/mol. The fourth-order valence-electron chi connectivity index (χ4n) is 3.50. The molecule has 156 valence electrons. The lowest BCUT2D eigenvalue weighted by atomic mass is 10.2. The molecule has 30 heavy (non-hydrogen) atoms. The SMILES string of the molecule is [C-]#[N+]C[C@@H](C1CC1)n1nc(Nc2ccc(S(=O)(=O)N(C)C)cc2)c2c(=O)[nH]ccc21. The normalized spacial score (nSPS) is 15.3. The maximum atomic E-state index is 12.5. The molecule has 1 aliphatic rings. The minimum absolute atomic E-state index is 0.0741. The lowest BCUT2D eigenvalue weighted by Gasteiger charge is -2.12. The van der Waals surface area contributed by atoms with E-state index >= 15 is 0 Å². The van der Waals surface area contributed by atoms with Crippen LogP contribution in [0.25, 0.3) is 15.7 Å². The van der Waals surface area contributed by atoms with Crippen molar-refractivity contribution in [1.29, 1.82) is 0 Å². The van der Waals surface area contributed by atoms with E-state index in [4.69, 9.17) is 6.57 Å². The smallest absolute Gasteiger partial charge is 0.261 e. The first-order valence-corrected chi connectivity index (χ1v) is 11.0. The molecule has 1 saturated carbocycles. The van der Waals surface area contributed by atoms with Crippen LogP contribution < -0.4 is 10.9 Å². The largest absolute Gasteiger partial charge is 0.338 e. The van der Waals surface area contributed by atoms with Gasteiger partial charge in [0.05, 0.1) is 10.4 Å². The highest BCUT2D eigenvalue weighted by Crippen LogP contribution is 2.41. The van der Waals surface area contributed by atoms with Crippen molar-refractivity contribution >= 4 is 32.4 Å². The number of aromatic amines is 1. The van der Waals surface area contributed by atoms with Gasteiger partial charge in [0.15, 0.2) is 5.82 Å². The molecule has 1 fully saturated rings. The van der Waals surface area contributed by atoms with Gasteiger partial charge in [0, 0.05) is 26.0 Å². The molecule has 4 rings (SSSR count). The topological polar surface area (TPSA) is 104 Å². The summed E-state index contributed by atoms with van der Waals surface area (Å²) in [6.45, 7) is 7.60. The molecule has 1 aliphatic carbocycles. The van der Waals surface area contributed by atoms with E-state index in [2.05, 4.69) is 20.2 Å². The lowest BCUT2D eigenvalue weighted by molar-refractivity contribution is 0.446. The molecule has 2 aromatic heterocycles. The summed E-state index contributed by atoms with van der Waals surface area (Å²) >= 11 is 0. The van der Waals surface area contributed by atoms with Crippen LogP contribution >= 0.6 is 0 Å². The number of H-pyrrole nitrogens is 1. The molecule has 0 saturated heterocycles. The van der Waals surface area contributed by atoms with Gasteiger partial charge < -0.3 is 15.1 Å². The average Bonchev–Trinajstić information content (AvgIpc) is 3.49. The summed E-state index contributed by atoms with van der Waals surface area (Å²) < 4.78 is 27.4. The number of hydrogen-bond acceptors (Lipinski definition) is 5. The third-order valence-corrected chi connectivity index (χ3v) is 7.11. The van der Waals surface area contributed by atoms with Crippen molar-refractivity contribution in [3.63, 3.8) is 0 Å². The van der Waals surface area contributed by atoms with Crippen LogP contribution in [-0.2, 0) is 10.0 Å². The zero-order chi connectivity index (χ0) is 21.5. The van der Waals surface area contributed by atoms with Crippen molar-refractivity contribution in [2.24, 2.45) is 5.92 Å². The Hall–Kier alpha value is -3.16. The number of nitrogens with one attached hydrogen (secondary N) is 2. The van der Waals surface area contributed by atoms with Crippen LogP contribution in [0.1, 0.15) is 18.9 Å². The molecule has 2 N–H and O–H groups in total. The number of rotatable bonds is 7. The van der Waals surface area contributed by atoms with Crippen LogP contribution in [-0.4, -0.2) is 48.1 Å². The second-order valence-corrected chi connectivity index (χ2v) is 9.69. The van der Waals surface area contributed by atoms with Gasteiger partial charge in [-0.15, -0.1) is 0 Å². The Kier molecular flexibility index (Phi) is 5.09. The number of pyridine rings is 1. The fourth-order valence-corrected chi connectivity index (χ4v) is 4.40. The van der Waals surface area contributed by atoms with E-state index in [-0.39, 0.29) is 16.5 Å². The van der Waals surface area contributed by atoms with E-state index in [1.54, 1.807) is 29.1 Å². The zero-order valence-electron chi connectivity index (χ0n) is 16.7. The summed E-state index contributed by atoms with van der Waals surface area (Å²) in [5.74, 6) is 0.774. The van der Waals surface area contributed by atoms with Crippen LogP contribution in [0.4, 0.5) is 11.5 Å². The molecular weight excluding hydrogens is 404 g/mol. The van der Waals surface area contributed by atoms with Crippen molar-refractivity contribution < 1.29 is 8.42 Å². The Labute approximate surface area is 174 Å². The molecule has 3 aromatic rings. The highest BCUT2D eigenvalue weighted by atomic mass is 32.2. The first-order chi connectivity index (χ1) is 14.3. The van der Waals surface area contributed by atoms with Crippen LogP contribution in [0.3, 0.4) is 0 Å². The van der Waals surface area contributed by atoms with E-state index in [1.165, 1.54) is 26.2 Å². The van der Waals surface area contributed by atoms with Gasteiger partial charge in [-0.25, -0.2) is 19.3 Å². The maximum Gasteiger partial charge on any atom is 0.261 e. The molecule has 1 atom stereocenters. The van der Waals surface area contributed by atoms with Crippen LogP contribution in [0.2, 0.25) is 0 Å². The summed E-state index contributed by atoms with van der Waals surface area (Å²) in [7, 11) is -0.565.